The van der Waals surface area contributed by atoms with Crippen molar-refractivity contribution in [1.82, 2.24) is 30.4 Å². The predicted molar refractivity (Wildman–Crippen MR) is 237 cm³/mol. The fourth-order valence-electron chi connectivity index (χ4n) is 7.38. The quantitative estimate of drug-likeness (QED) is 0.153. The summed E-state index contributed by atoms with van der Waals surface area (Å²) in [5.74, 6) is 1.79. The molecule has 0 N–H and O–H groups in total. The van der Waals surface area contributed by atoms with Crippen molar-refractivity contribution in [3.63, 3.8) is 0 Å². The zero-order chi connectivity index (χ0) is 41.3. The molecule has 10 aromatic rings. The van der Waals surface area contributed by atoms with Crippen molar-refractivity contribution < 1.29 is 51.0 Å². The number of hydrogen-bond donors (Lipinski definition) is 0. The van der Waals surface area contributed by atoms with Gasteiger partial charge in [0.25, 0.3) is 0 Å². The van der Waals surface area contributed by atoms with Crippen LogP contribution in [0.3, 0.4) is 0 Å². The maximum Gasteiger partial charge on any atom is 0.124 e. The second-order valence-corrected chi connectivity index (χ2v) is 14.5. The molecule has 2 aliphatic heterocycles. The number of nitrogens with zero attached hydrogens (tertiary/aromatic N) is 10. The van der Waals surface area contributed by atoms with E-state index in [1.165, 1.54) is 0 Å². The average molecular weight is 1180 g/mol. The molecular weight excluding hydrogens is 1140 g/mol. The molecule has 12 rings (SSSR count). The maximum atomic E-state index is 6.11. The van der Waals surface area contributed by atoms with Gasteiger partial charge in [-0.2, -0.15) is 43.7 Å². The Morgan fingerprint density at radius 3 is 1.61 bits per heavy atom. The number of rotatable bonds is 2. The molecule has 62 heavy (non-hydrogen) atoms. The van der Waals surface area contributed by atoms with Crippen molar-refractivity contribution in [2.45, 2.75) is 27.7 Å². The van der Waals surface area contributed by atoms with Crippen LogP contribution in [0.1, 0.15) is 22.8 Å². The zero-order valence-corrected chi connectivity index (χ0v) is 39.2. The molecule has 0 unspecified atom stereocenters. The van der Waals surface area contributed by atoms with Crippen LogP contribution in [-0.2, 0) is 42.1 Å². The number of aromatic nitrogens is 6. The van der Waals surface area contributed by atoms with E-state index in [0.29, 0.717) is 0 Å². The first-order chi connectivity index (χ1) is 29.2. The number of fused-ring (bicyclic) bond motifs is 8. The van der Waals surface area contributed by atoms with Gasteiger partial charge in [0.1, 0.15) is 22.8 Å². The minimum Gasteiger partial charge on any atom is -0.579 e. The van der Waals surface area contributed by atoms with E-state index in [0.717, 1.165) is 101 Å². The van der Waals surface area contributed by atoms with E-state index < -0.39 is 0 Å². The third-order valence-corrected chi connectivity index (χ3v) is 10.0. The van der Waals surface area contributed by atoms with Gasteiger partial charge in [0.05, 0.1) is 0 Å². The summed E-state index contributed by atoms with van der Waals surface area (Å²) in [6, 6.07) is 42.6. The molecule has 14 heteroatoms. The van der Waals surface area contributed by atoms with Gasteiger partial charge in [0.15, 0.2) is 0 Å². The average Bonchev–Trinajstić information content (AvgIpc) is 4.13. The first-order valence-electron chi connectivity index (χ1n) is 19.4. The predicted octanol–water partition coefficient (Wildman–Crippen LogP) is 10.3. The molecule has 4 aromatic carbocycles. The first kappa shape index (κ1) is 43.9. The molecule has 0 atom stereocenters. The molecule has 0 fully saturated rings. The topological polar surface area (TPSA) is 119 Å². The number of para-hydroxylation sites is 2. The Balaban J connectivity index is 0.000000139. The molecule has 0 spiro atoms. The number of benzene rings is 4. The van der Waals surface area contributed by atoms with E-state index in [2.05, 4.69) is 81.5 Å². The molecular formula is C48H40N10O2Pt2-6. The fourth-order valence-corrected chi connectivity index (χ4v) is 7.38. The monoisotopic (exact) mass is 1180 g/mol. The van der Waals surface area contributed by atoms with Crippen molar-refractivity contribution >= 4 is 78.3 Å². The summed E-state index contributed by atoms with van der Waals surface area (Å²) in [6.07, 6.45) is 3.62. The largest absolute Gasteiger partial charge is 0.579 e. The van der Waals surface area contributed by atoms with E-state index in [9.17, 15) is 0 Å². The fraction of sp³-hybridized carbons (Fsp3) is 0.125. The molecule has 6 aromatic heterocycles. The minimum absolute atomic E-state index is 0. The Bertz CT molecular complexity index is 3020. The van der Waals surface area contributed by atoms with Crippen LogP contribution in [0.25, 0.3) is 43.9 Å². The normalized spacial score (nSPS) is 12.5. The van der Waals surface area contributed by atoms with Gasteiger partial charge < -0.3 is 48.8 Å². The Hall–Kier alpha value is -6.22. The molecule has 320 valence electrons. The SMILES string of the molecule is CN1[CH-]N(c2[c-]ccc3c2oc2ccccc23)c2ncccc21.CN1[CH-]N(c2[c-]ccc3oc4ccccc4c23)c2ncccc21.Cc1cc(C)[n-]n1.Cc1cc(C)[n-]n1.[Pt].[Pt]. The standard InChI is InChI=1S/2C19H13N3O.2C5H7N2.2Pt/c1-21-12-22(19-15(21)8-5-11-20-19)14-7-4-10-17-18(14)13-6-2-3-9-16(13)23-17;1-21-12-22(19-16(21)9-5-11-20-19)15-8-4-7-14-13-6-2-3-10-17(13)23-18(14)15;2*1-4-3-5(2)7-6-4;;/h2-6,8-12H,1H3;2-7,9-12H,1H3;2*3H,1-2H3;;/q2*-2;2*-1;;. The Morgan fingerprint density at radius 1 is 0.548 bits per heavy atom. The van der Waals surface area contributed by atoms with E-state index in [4.69, 9.17) is 8.83 Å². The van der Waals surface area contributed by atoms with Crippen molar-refractivity contribution in [3.8, 4) is 0 Å². The van der Waals surface area contributed by atoms with Gasteiger partial charge in [-0.3, -0.25) is 0 Å². The molecule has 12 nitrogen and oxygen atoms in total. The van der Waals surface area contributed by atoms with Gasteiger partial charge in [-0.15, -0.1) is 17.5 Å². The van der Waals surface area contributed by atoms with Crippen LogP contribution >= 0.6 is 0 Å². The summed E-state index contributed by atoms with van der Waals surface area (Å²) in [6.45, 7) is 11.8. The molecule has 0 saturated heterocycles. The van der Waals surface area contributed by atoms with Gasteiger partial charge in [0.2, 0.25) is 0 Å². The summed E-state index contributed by atoms with van der Waals surface area (Å²) in [4.78, 5) is 17.3. The number of aryl methyl sites for hydroxylation is 4. The number of hydrogen-bond acceptors (Lipinski definition) is 10. The van der Waals surface area contributed by atoms with Crippen molar-refractivity contribution in [1.29, 1.82) is 0 Å². The summed E-state index contributed by atoms with van der Waals surface area (Å²) in [7, 11) is 4.04. The van der Waals surface area contributed by atoms with Crippen LogP contribution in [0.15, 0.2) is 130 Å². The Kier molecular flexibility index (Phi) is 13.3. The van der Waals surface area contributed by atoms with Gasteiger partial charge in [-0.05, 0) is 69.7 Å². The van der Waals surface area contributed by atoms with Crippen LogP contribution < -0.4 is 29.8 Å². The van der Waals surface area contributed by atoms with Gasteiger partial charge in [-0.25, -0.2) is 9.97 Å². The summed E-state index contributed by atoms with van der Waals surface area (Å²) in [5, 5.41) is 19.4. The smallest absolute Gasteiger partial charge is 0.124 e. The maximum absolute atomic E-state index is 6.11. The summed E-state index contributed by atoms with van der Waals surface area (Å²) >= 11 is 0. The van der Waals surface area contributed by atoms with E-state index in [1.807, 2.05) is 151 Å². The van der Waals surface area contributed by atoms with Crippen LogP contribution in [0.4, 0.5) is 34.4 Å². The van der Waals surface area contributed by atoms with Crippen molar-refractivity contribution in [2.75, 3.05) is 33.7 Å². The van der Waals surface area contributed by atoms with Crippen LogP contribution in [0.5, 0.6) is 0 Å². The third kappa shape index (κ3) is 8.63. The molecule has 0 radical (unpaired) electrons. The third-order valence-electron chi connectivity index (χ3n) is 10.0. The number of pyridine rings is 2. The van der Waals surface area contributed by atoms with Gasteiger partial charge in [0, 0.05) is 93.8 Å². The molecule has 0 bridgehead atoms. The molecule has 0 saturated carbocycles. The minimum atomic E-state index is 0. The second kappa shape index (κ2) is 18.8. The van der Waals surface area contributed by atoms with Crippen LogP contribution in [0, 0.1) is 53.2 Å². The number of furan rings is 2. The van der Waals surface area contributed by atoms with Crippen molar-refractivity contribution in [2.24, 2.45) is 0 Å². The Morgan fingerprint density at radius 2 is 1.06 bits per heavy atom. The molecule has 0 amide bonds. The summed E-state index contributed by atoms with van der Waals surface area (Å²) < 4.78 is 12.1. The van der Waals surface area contributed by atoms with E-state index in [-0.39, 0.29) is 42.1 Å². The summed E-state index contributed by atoms with van der Waals surface area (Å²) in [5.41, 5.74) is 11.4. The van der Waals surface area contributed by atoms with Gasteiger partial charge >= 0.3 is 0 Å². The zero-order valence-electron chi connectivity index (χ0n) is 34.6. The second-order valence-electron chi connectivity index (χ2n) is 14.5. The Labute approximate surface area is 388 Å². The number of anilines is 6. The van der Waals surface area contributed by atoms with E-state index in [1.54, 1.807) is 6.20 Å². The molecule has 8 heterocycles. The van der Waals surface area contributed by atoms with E-state index >= 15 is 0 Å². The van der Waals surface area contributed by atoms with Crippen LogP contribution in [0.2, 0.25) is 0 Å². The first-order valence-corrected chi connectivity index (χ1v) is 19.4. The molecule has 0 aliphatic carbocycles. The molecule has 2 aliphatic rings. The van der Waals surface area contributed by atoms with Crippen LogP contribution in [-0.4, -0.2) is 34.3 Å². The van der Waals surface area contributed by atoms with Crippen molar-refractivity contribution in [3.05, 3.63) is 170 Å². The van der Waals surface area contributed by atoms with Gasteiger partial charge in [-0.1, -0.05) is 84.5 Å².